The van der Waals surface area contributed by atoms with Crippen LogP contribution in [0.1, 0.15) is 24.5 Å². The van der Waals surface area contributed by atoms with E-state index in [0.717, 1.165) is 18.5 Å². The van der Waals surface area contributed by atoms with E-state index in [0.29, 0.717) is 0 Å². The zero-order valence-corrected chi connectivity index (χ0v) is 10.5. The molecule has 2 N–H and O–H groups in total. The predicted molar refractivity (Wildman–Crippen MR) is 75.0 cm³/mol. The van der Waals surface area contributed by atoms with Crippen molar-refractivity contribution < 1.29 is 0 Å². The van der Waals surface area contributed by atoms with Gasteiger partial charge < -0.3 is 5.73 Å². The second-order valence-electron chi connectivity index (χ2n) is 4.53. The zero-order chi connectivity index (χ0) is 12.3. The van der Waals surface area contributed by atoms with Gasteiger partial charge in [-0.3, -0.25) is 0 Å². The lowest BCUT2D eigenvalue weighted by Gasteiger charge is -2.08. The topological polar surface area (TPSA) is 26.0 Å². The summed E-state index contributed by atoms with van der Waals surface area (Å²) in [5.74, 6) is 0. The van der Waals surface area contributed by atoms with Crippen molar-refractivity contribution in [2.45, 2.75) is 26.7 Å². The number of nitrogens with two attached hydrogens (primary N) is 1. The average molecular weight is 225 g/mol. The van der Waals surface area contributed by atoms with Crippen molar-refractivity contribution in [3.8, 4) is 11.1 Å². The SMILES string of the molecule is CCCc1cc(-c2ccc(C)cc2)ccc1N. The predicted octanol–water partition coefficient (Wildman–Crippen LogP) is 4.20. The summed E-state index contributed by atoms with van der Waals surface area (Å²) in [4.78, 5) is 0. The first-order valence-corrected chi connectivity index (χ1v) is 6.16. The van der Waals surface area contributed by atoms with Gasteiger partial charge in [0.25, 0.3) is 0 Å². The smallest absolute Gasteiger partial charge is 0.0346 e. The number of rotatable bonds is 3. The highest BCUT2D eigenvalue weighted by atomic mass is 14.6. The van der Waals surface area contributed by atoms with E-state index < -0.39 is 0 Å². The van der Waals surface area contributed by atoms with Crippen LogP contribution in [0.5, 0.6) is 0 Å². The number of nitrogen functional groups attached to an aromatic ring is 1. The van der Waals surface area contributed by atoms with Crippen LogP contribution in [0.3, 0.4) is 0 Å². The van der Waals surface area contributed by atoms with Crippen molar-refractivity contribution in [2.24, 2.45) is 0 Å². The van der Waals surface area contributed by atoms with Gasteiger partial charge in [0, 0.05) is 5.69 Å². The molecule has 2 aromatic carbocycles. The summed E-state index contributed by atoms with van der Waals surface area (Å²) in [6.45, 7) is 4.28. The molecule has 1 heteroatoms. The Balaban J connectivity index is 2.39. The summed E-state index contributed by atoms with van der Waals surface area (Å²) in [5.41, 5.74) is 11.9. The fraction of sp³-hybridized carbons (Fsp3) is 0.250. The molecule has 0 aliphatic heterocycles. The van der Waals surface area contributed by atoms with Gasteiger partial charge in [0.2, 0.25) is 0 Å². The van der Waals surface area contributed by atoms with Gasteiger partial charge in [0.15, 0.2) is 0 Å². The second kappa shape index (κ2) is 5.05. The van der Waals surface area contributed by atoms with Gasteiger partial charge >= 0.3 is 0 Å². The highest BCUT2D eigenvalue weighted by Gasteiger charge is 2.02. The maximum Gasteiger partial charge on any atom is 0.0346 e. The van der Waals surface area contributed by atoms with Gasteiger partial charge in [0.05, 0.1) is 0 Å². The lowest BCUT2D eigenvalue weighted by atomic mass is 9.99. The molecule has 2 aromatic rings. The van der Waals surface area contributed by atoms with Crippen LogP contribution in [0.4, 0.5) is 5.69 Å². The van der Waals surface area contributed by atoms with Crippen molar-refractivity contribution in [2.75, 3.05) is 5.73 Å². The molecule has 17 heavy (non-hydrogen) atoms. The Morgan fingerprint density at radius 3 is 2.24 bits per heavy atom. The molecule has 0 saturated heterocycles. The molecular weight excluding hydrogens is 206 g/mol. The fourth-order valence-electron chi connectivity index (χ4n) is 2.02. The third-order valence-corrected chi connectivity index (χ3v) is 3.05. The standard InChI is InChI=1S/C16H19N/c1-3-4-15-11-14(9-10-16(15)17)13-7-5-12(2)6-8-13/h5-11H,3-4,17H2,1-2H3. The first-order chi connectivity index (χ1) is 8.20. The van der Waals surface area contributed by atoms with E-state index in [-0.39, 0.29) is 0 Å². The highest BCUT2D eigenvalue weighted by molar-refractivity contribution is 5.68. The quantitative estimate of drug-likeness (QED) is 0.778. The molecule has 0 atom stereocenters. The molecule has 0 unspecified atom stereocenters. The Morgan fingerprint density at radius 1 is 0.941 bits per heavy atom. The van der Waals surface area contributed by atoms with Crippen molar-refractivity contribution in [1.29, 1.82) is 0 Å². The Kier molecular flexibility index (Phi) is 3.48. The van der Waals surface area contributed by atoms with Crippen LogP contribution in [0.15, 0.2) is 42.5 Å². The molecule has 0 bridgehead atoms. The third-order valence-electron chi connectivity index (χ3n) is 3.05. The summed E-state index contributed by atoms with van der Waals surface area (Å²) in [7, 11) is 0. The van der Waals surface area contributed by atoms with Crippen molar-refractivity contribution in [3.63, 3.8) is 0 Å². The van der Waals surface area contributed by atoms with E-state index in [1.807, 2.05) is 6.07 Å². The zero-order valence-electron chi connectivity index (χ0n) is 10.5. The van der Waals surface area contributed by atoms with Crippen LogP contribution in [0.2, 0.25) is 0 Å². The third kappa shape index (κ3) is 2.68. The van der Waals surface area contributed by atoms with E-state index >= 15 is 0 Å². The summed E-state index contributed by atoms with van der Waals surface area (Å²) < 4.78 is 0. The monoisotopic (exact) mass is 225 g/mol. The molecule has 2 rings (SSSR count). The average Bonchev–Trinajstić information content (AvgIpc) is 2.33. The molecule has 0 radical (unpaired) electrons. The van der Waals surface area contributed by atoms with Crippen LogP contribution in [-0.4, -0.2) is 0 Å². The van der Waals surface area contributed by atoms with Gasteiger partial charge in [-0.2, -0.15) is 0 Å². The minimum atomic E-state index is 0.905. The minimum absolute atomic E-state index is 0.905. The van der Waals surface area contributed by atoms with E-state index in [9.17, 15) is 0 Å². The first-order valence-electron chi connectivity index (χ1n) is 6.16. The summed E-state index contributed by atoms with van der Waals surface area (Å²) in [6.07, 6.45) is 2.17. The van der Waals surface area contributed by atoms with Gasteiger partial charge in [-0.1, -0.05) is 49.2 Å². The summed E-state index contributed by atoms with van der Waals surface area (Å²) in [6, 6.07) is 14.9. The van der Waals surface area contributed by atoms with E-state index in [2.05, 4.69) is 50.2 Å². The highest BCUT2D eigenvalue weighted by Crippen LogP contribution is 2.24. The molecule has 0 spiro atoms. The Morgan fingerprint density at radius 2 is 1.59 bits per heavy atom. The molecule has 88 valence electrons. The lowest BCUT2D eigenvalue weighted by Crippen LogP contribution is -1.94. The van der Waals surface area contributed by atoms with Crippen LogP contribution in [0, 0.1) is 6.92 Å². The molecule has 1 nitrogen and oxygen atoms in total. The number of hydrogen-bond acceptors (Lipinski definition) is 1. The van der Waals surface area contributed by atoms with E-state index in [4.69, 9.17) is 5.73 Å². The van der Waals surface area contributed by atoms with Crippen molar-refractivity contribution in [3.05, 3.63) is 53.6 Å². The molecule has 0 aromatic heterocycles. The molecular formula is C16H19N. The molecule has 0 heterocycles. The largest absolute Gasteiger partial charge is 0.399 e. The minimum Gasteiger partial charge on any atom is -0.399 e. The van der Waals surface area contributed by atoms with Crippen LogP contribution in [0.25, 0.3) is 11.1 Å². The lowest BCUT2D eigenvalue weighted by molar-refractivity contribution is 0.925. The first kappa shape index (κ1) is 11.7. The van der Waals surface area contributed by atoms with E-state index in [1.165, 1.54) is 22.3 Å². The number of anilines is 1. The molecule has 0 fully saturated rings. The van der Waals surface area contributed by atoms with Crippen molar-refractivity contribution in [1.82, 2.24) is 0 Å². The maximum absolute atomic E-state index is 5.98. The second-order valence-corrected chi connectivity index (χ2v) is 4.53. The molecule has 0 amide bonds. The van der Waals surface area contributed by atoms with Gasteiger partial charge in [-0.15, -0.1) is 0 Å². The van der Waals surface area contributed by atoms with Gasteiger partial charge in [-0.05, 0) is 42.2 Å². The van der Waals surface area contributed by atoms with Gasteiger partial charge in [-0.25, -0.2) is 0 Å². The van der Waals surface area contributed by atoms with E-state index in [1.54, 1.807) is 0 Å². The number of benzene rings is 2. The fourth-order valence-corrected chi connectivity index (χ4v) is 2.02. The Hall–Kier alpha value is -1.76. The Bertz CT molecular complexity index is 497. The molecule has 0 aliphatic rings. The van der Waals surface area contributed by atoms with Crippen molar-refractivity contribution >= 4 is 5.69 Å². The molecule has 0 aliphatic carbocycles. The summed E-state index contributed by atoms with van der Waals surface area (Å²) in [5, 5.41) is 0. The Labute approximate surface area is 103 Å². The van der Waals surface area contributed by atoms with Gasteiger partial charge in [0.1, 0.15) is 0 Å². The van der Waals surface area contributed by atoms with Crippen LogP contribution >= 0.6 is 0 Å². The number of hydrogen-bond donors (Lipinski definition) is 1. The normalized spacial score (nSPS) is 10.5. The number of aryl methyl sites for hydroxylation is 2. The summed E-state index contributed by atoms with van der Waals surface area (Å²) >= 11 is 0. The van der Waals surface area contributed by atoms with Crippen LogP contribution < -0.4 is 5.73 Å². The van der Waals surface area contributed by atoms with Crippen LogP contribution in [-0.2, 0) is 6.42 Å². The maximum atomic E-state index is 5.98. The molecule has 0 saturated carbocycles.